The van der Waals surface area contributed by atoms with E-state index in [1.54, 1.807) is 24.3 Å². The Bertz CT molecular complexity index is 449. The van der Waals surface area contributed by atoms with Crippen LogP contribution in [0.4, 0.5) is 8.78 Å². The highest BCUT2D eigenvalue weighted by molar-refractivity contribution is 5.50. The number of ether oxygens (including phenoxy) is 2. The van der Waals surface area contributed by atoms with Crippen molar-refractivity contribution in [2.24, 2.45) is 5.92 Å². The average Bonchev–Trinajstić information content (AvgIpc) is 2.53. The van der Waals surface area contributed by atoms with Crippen LogP contribution in [0.3, 0.4) is 0 Å². The van der Waals surface area contributed by atoms with Crippen molar-refractivity contribution in [1.82, 2.24) is 0 Å². The monoisotopic (exact) mass is 310 g/mol. The highest BCUT2D eigenvalue weighted by atomic mass is 19.3. The molecule has 1 fully saturated rings. The van der Waals surface area contributed by atoms with E-state index in [1.165, 1.54) is 0 Å². The molecule has 0 N–H and O–H groups in total. The van der Waals surface area contributed by atoms with Crippen LogP contribution < -0.4 is 4.74 Å². The molecule has 0 aromatic heterocycles. The van der Waals surface area contributed by atoms with Crippen LogP contribution in [0.15, 0.2) is 30.3 Å². The van der Waals surface area contributed by atoms with Crippen molar-refractivity contribution in [3.63, 3.8) is 0 Å². The van der Waals surface area contributed by atoms with E-state index in [0.717, 1.165) is 44.3 Å². The van der Waals surface area contributed by atoms with E-state index in [0.29, 0.717) is 12.0 Å². The van der Waals surface area contributed by atoms with Crippen LogP contribution in [0.2, 0.25) is 0 Å². The van der Waals surface area contributed by atoms with Gasteiger partial charge in [-0.15, -0.1) is 0 Å². The molecule has 1 aliphatic carbocycles. The molecule has 2 nitrogen and oxygen atoms in total. The van der Waals surface area contributed by atoms with E-state index < -0.39 is 6.61 Å². The number of alkyl halides is 2. The van der Waals surface area contributed by atoms with Gasteiger partial charge in [-0.3, -0.25) is 0 Å². The van der Waals surface area contributed by atoms with Gasteiger partial charge in [0.2, 0.25) is 0 Å². The number of rotatable bonds is 7. The summed E-state index contributed by atoms with van der Waals surface area (Å²) in [6.45, 7) is 0.219. The summed E-state index contributed by atoms with van der Waals surface area (Å²) in [4.78, 5) is 0. The third-order valence-corrected chi connectivity index (χ3v) is 3.94. The molecule has 1 aromatic carbocycles. The molecule has 1 saturated carbocycles. The van der Waals surface area contributed by atoms with Crippen LogP contribution in [0.5, 0.6) is 5.75 Å². The van der Waals surface area contributed by atoms with Gasteiger partial charge in [0.1, 0.15) is 5.75 Å². The highest BCUT2D eigenvalue weighted by Gasteiger charge is 2.19. The van der Waals surface area contributed by atoms with E-state index in [1.807, 2.05) is 0 Å². The first-order valence-corrected chi connectivity index (χ1v) is 8.02. The Morgan fingerprint density at radius 2 is 1.82 bits per heavy atom. The number of halogens is 2. The lowest BCUT2D eigenvalue weighted by Crippen LogP contribution is -2.21. The van der Waals surface area contributed by atoms with Crippen molar-refractivity contribution >= 4 is 6.08 Å². The Hall–Kier alpha value is -1.42. The zero-order valence-corrected chi connectivity index (χ0v) is 13.0. The van der Waals surface area contributed by atoms with Crippen molar-refractivity contribution in [1.29, 1.82) is 0 Å². The first kappa shape index (κ1) is 16.9. The maximum absolute atomic E-state index is 12.1. The maximum Gasteiger partial charge on any atom is 0.387 e. The third kappa shape index (κ3) is 5.76. The van der Waals surface area contributed by atoms with Gasteiger partial charge in [0.15, 0.2) is 0 Å². The largest absolute Gasteiger partial charge is 0.435 e. The van der Waals surface area contributed by atoms with Gasteiger partial charge in [0, 0.05) is 6.61 Å². The fourth-order valence-corrected chi connectivity index (χ4v) is 2.74. The Morgan fingerprint density at radius 1 is 1.14 bits per heavy atom. The minimum absolute atomic E-state index is 0.195. The molecule has 0 atom stereocenters. The zero-order valence-electron chi connectivity index (χ0n) is 13.0. The van der Waals surface area contributed by atoms with Gasteiger partial charge in [0.25, 0.3) is 0 Å². The van der Waals surface area contributed by atoms with E-state index >= 15 is 0 Å². The lowest BCUT2D eigenvalue weighted by Gasteiger charge is -2.26. The predicted octanol–water partition coefficient (Wildman–Crippen LogP) is 5.29. The zero-order chi connectivity index (χ0) is 15.8. The summed E-state index contributed by atoms with van der Waals surface area (Å²) < 4.78 is 34.3. The summed E-state index contributed by atoms with van der Waals surface area (Å²) in [6.07, 6.45) is 10.3. The van der Waals surface area contributed by atoms with Crippen LogP contribution in [0.1, 0.15) is 44.6 Å². The van der Waals surface area contributed by atoms with Crippen LogP contribution in [-0.4, -0.2) is 19.3 Å². The number of benzene rings is 1. The normalized spacial score (nSPS) is 22.4. The van der Waals surface area contributed by atoms with Gasteiger partial charge >= 0.3 is 6.61 Å². The van der Waals surface area contributed by atoms with Gasteiger partial charge in [-0.2, -0.15) is 8.78 Å². The third-order valence-electron chi connectivity index (χ3n) is 3.94. The molecule has 0 amide bonds. The molecule has 1 aromatic rings. The van der Waals surface area contributed by atoms with Crippen LogP contribution in [-0.2, 0) is 4.74 Å². The summed E-state index contributed by atoms with van der Waals surface area (Å²) in [7, 11) is 0. The number of hydrogen-bond acceptors (Lipinski definition) is 2. The fourth-order valence-electron chi connectivity index (χ4n) is 2.74. The van der Waals surface area contributed by atoms with E-state index in [-0.39, 0.29) is 5.75 Å². The Kier molecular flexibility index (Phi) is 6.84. The van der Waals surface area contributed by atoms with Gasteiger partial charge in [-0.05, 0) is 55.7 Å². The minimum Gasteiger partial charge on any atom is -0.435 e. The van der Waals surface area contributed by atoms with Gasteiger partial charge in [0.05, 0.1) is 6.10 Å². The molecule has 122 valence electrons. The summed E-state index contributed by atoms with van der Waals surface area (Å²) in [5.74, 6) is 0.777. The van der Waals surface area contributed by atoms with Gasteiger partial charge in [-0.1, -0.05) is 31.2 Å². The van der Waals surface area contributed by atoms with E-state index in [4.69, 9.17) is 4.74 Å². The Morgan fingerprint density at radius 3 is 2.41 bits per heavy atom. The minimum atomic E-state index is -2.77. The molecule has 0 bridgehead atoms. The maximum atomic E-state index is 12.1. The molecule has 1 aliphatic rings. The van der Waals surface area contributed by atoms with Crippen LogP contribution in [0, 0.1) is 5.92 Å². The topological polar surface area (TPSA) is 18.5 Å². The standard InChI is InChI=1S/C18H24F2O2/c1-2-13-21-16-9-5-14(6-10-16)3-4-15-7-11-17(12-8-15)22-18(19)20/h3-4,7-8,11-12,14,16,18H,2,5-6,9-10,13H2,1H3/b4-3+/t14-,16-. The summed E-state index contributed by atoms with van der Waals surface area (Å²) in [5, 5.41) is 0. The molecule has 0 spiro atoms. The van der Waals surface area contributed by atoms with Crippen molar-refractivity contribution in [3.05, 3.63) is 35.9 Å². The molecule has 0 aliphatic heterocycles. The smallest absolute Gasteiger partial charge is 0.387 e. The SMILES string of the molecule is CCCO[C@H]1CC[C@H](/C=C/c2ccc(OC(F)F)cc2)CC1. The second kappa shape index (κ2) is 8.89. The molecule has 0 unspecified atom stereocenters. The predicted molar refractivity (Wildman–Crippen MR) is 84.1 cm³/mol. The summed E-state index contributed by atoms with van der Waals surface area (Å²) in [5.41, 5.74) is 1.01. The molecule has 2 rings (SSSR count). The number of allylic oxidation sites excluding steroid dienone is 1. The average molecular weight is 310 g/mol. The van der Waals surface area contributed by atoms with Crippen LogP contribution in [0.25, 0.3) is 6.08 Å². The molecule has 4 heteroatoms. The molecular weight excluding hydrogens is 286 g/mol. The molecule has 22 heavy (non-hydrogen) atoms. The quantitative estimate of drug-likeness (QED) is 0.681. The first-order chi connectivity index (χ1) is 10.7. The van der Waals surface area contributed by atoms with Gasteiger partial charge in [-0.25, -0.2) is 0 Å². The summed E-state index contributed by atoms with van der Waals surface area (Å²) in [6, 6.07) is 6.73. The molecule has 0 heterocycles. The lowest BCUT2D eigenvalue weighted by atomic mass is 9.87. The van der Waals surface area contributed by atoms with Crippen molar-refractivity contribution in [2.75, 3.05) is 6.61 Å². The first-order valence-electron chi connectivity index (χ1n) is 8.02. The van der Waals surface area contributed by atoms with Crippen molar-refractivity contribution < 1.29 is 18.3 Å². The van der Waals surface area contributed by atoms with Crippen molar-refractivity contribution in [2.45, 2.75) is 51.7 Å². The van der Waals surface area contributed by atoms with Gasteiger partial charge < -0.3 is 9.47 Å². The molecular formula is C18H24F2O2. The molecule has 0 saturated heterocycles. The molecule has 0 radical (unpaired) electrons. The lowest BCUT2D eigenvalue weighted by molar-refractivity contribution is -0.0498. The van der Waals surface area contributed by atoms with Crippen LogP contribution >= 0.6 is 0 Å². The van der Waals surface area contributed by atoms with Crippen molar-refractivity contribution in [3.8, 4) is 5.75 Å². The van der Waals surface area contributed by atoms with E-state index in [9.17, 15) is 8.78 Å². The van der Waals surface area contributed by atoms with E-state index in [2.05, 4.69) is 23.8 Å². The second-order valence-corrected chi connectivity index (χ2v) is 5.71. The Balaban J connectivity index is 1.78. The second-order valence-electron chi connectivity index (χ2n) is 5.71. The number of hydrogen-bond donors (Lipinski definition) is 0. The fraction of sp³-hybridized carbons (Fsp3) is 0.556. The Labute approximate surface area is 131 Å². The summed E-state index contributed by atoms with van der Waals surface area (Å²) >= 11 is 0. The highest BCUT2D eigenvalue weighted by Crippen LogP contribution is 2.28.